The van der Waals surface area contributed by atoms with Crippen molar-refractivity contribution in [2.75, 3.05) is 19.8 Å². The largest absolute Gasteiger partial charge is 0.376 e. The van der Waals surface area contributed by atoms with Crippen LogP contribution in [-0.2, 0) is 16.0 Å². The highest BCUT2D eigenvalue weighted by Crippen LogP contribution is 2.20. The molecule has 0 aliphatic carbocycles. The van der Waals surface area contributed by atoms with Crippen LogP contribution in [0.1, 0.15) is 18.5 Å². The van der Waals surface area contributed by atoms with E-state index in [4.69, 9.17) is 15.3 Å². The second-order valence-electron chi connectivity index (χ2n) is 3.76. The van der Waals surface area contributed by atoms with E-state index >= 15 is 0 Å². The fraction of sp³-hybridized carbons (Fsp3) is 0.700. The van der Waals surface area contributed by atoms with Gasteiger partial charge in [0.25, 0.3) is 0 Å². The third kappa shape index (κ3) is 2.41. The minimum Gasteiger partial charge on any atom is -0.376 e. The van der Waals surface area contributed by atoms with Crippen molar-refractivity contribution in [3.8, 4) is 0 Å². The monoisotopic (exact) mass is 226 g/mol. The van der Waals surface area contributed by atoms with Crippen molar-refractivity contribution < 1.29 is 9.47 Å². The number of hydrogen-bond acceptors (Lipinski definition) is 5. The van der Waals surface area contributed by atoms with Gasteiger partial charge in [-0.1, -0.05) is 0 Å². The Kier molecular flexibility index (Phi) is 3.89. The molecule has 0 aromatic carbocycles. The lowest BCUT2D eigenvalue weighted by atomic mass is 10.1. The van der Waals surface area contributed by atoms with E-state index in [-0.39, 0.29) is 12.1 Å². The predicted octanol–water partition coefficient (Wildman–Crippen LogP) is -0.177. The van der Waals surface area contributed by atoms with E-state index in [1.165, 1.54) is 0 Å². The van der Waals surface area contributed by atoms with Crippen LogP contribution < -0.4 is 11.3 Å². The van der Waals surface area contributed by atoms with Crippen LogP contribution in [0.2, 0.25) is 0 Å². The van der Waals surface area contributed by atoms with E-state index in [1.54, 1.807) is 0 Å². The summed E-state index contributed by atoms with van der Waals surface area (Å²) in [5.41, 5.74) is 3.79. The van der Waals surface area contributed by atoms with Crippen LogP contribution in [0.5, 0.6) is 0 Å². The van der Waals surface area contributed by atoms with Crippen LogP contribution in [0, 0.1) is 0 Å². The molecule has 0 bridgehead atoms. The highest BCUT2D eigenvalue weighted by Gasteiger charge is 2.26. The number of nitrogens with one attached hydrogen (secondary N) is 1. The third-order valence-corrected chi connectivity index (χ3v) is 2.73. The van der Waals surface area contributed by atoms with Gasteiger partial charge in [-0.25, -0.2) is 0 Å². The molecule has 1 aliphatic rings. The maximum atomic E-state index is 5.62. The zero-order chi connectivity index (χ0) is 11.4. The number of nitrogens with zero attached hydrogens (tertiary/aromatic N) is 2. The highest BCUT2D eigenvalue weighted by atomic mass is 16.6. The molecule has 6 heteroatoms. The fourth-order valence-corrected chi connectivity index (χ4v) is 1.83. The Balaban J connectivity index is 2.08. The maximum Gasteiger partial charge on any atom is 0.102 e. The Labute approximate surface area is 94.7 Å². The molecule has 1 aromatic rings. The highest BCUT2D eigenvalue weighted by molar-refractivity contribution is 5.12. The molecule has 2 heterocycles. The van der Waals surface area contributed by atoms with Gasteiger partial charge in [0.05, 0.1) is 32.1 Å². The molecule has 1 aliphatic heterocycles. The number of ether oxygens (including phenoxy) is 2. The van der Waals surface area contributed by atoms with Crippen molar-refractivity contribution >= 4 is 0 Å². The lowest BCUT2D eigenvalue weighted by Gasteiger charge is -2.29. The van der Waals surface area contributed by atoms with Crippen molar-refractivity contribution in [2.24, 2.45) is 5.84 Å². The van der Waals surface area contributed by atoms with Gasteiger partial charge in [0.1, 0.15) is 6.10 Å². The Bertz CT molecular complexity index is 322. The number of aryl methyl sites for hydroxylation is 1. The molecule has 6 nitrogen and oxygen atoms in total. The van der Waals surface area contributed by atoms with Gasteiger partial charge in [-0.3, -0.25) is 16.0 Å². The number of aromatic nitrogens is 2. The standard InChI is InChI=1S/C10H18N4O2/c1-2-14-6-8(5-12-14)10(13-11)9-7-15-3-4-16-9/h5-6,9-10,13H,2-4,7,11H2,1H3. The first-order valence-electron chi connectivity index (χ1n) is 5.53. The molecule has 1 fully saturated rings. The first-order chi connectivity index (χ1) is 7.85. The summed E-state index contributed by atoms with van der Waals surface area (Å²) in [6, 6.07) is -0.0689. The Morgan fingerprint density at radius 2 is 2.56 bits per heavy atom. The van der Waals surface area contributed by atoms with Gasteiger partial charge >= 0.3 is 0 Å². The molecule has 1 aromatic heterocycles. The smallest absolute Gasteiger partial charge is 0.102 e. The summed E-state index contributed by atoms with van der Waals surface area (Å²) in [5, 5.41) is 4.22. The topological polar surface area (TPSA) is 74.3 Å². The molecule has 90 valence electrons. The summed E-state index contributed by atoms with van der Waals surface area (Å²) in [7, 11) is 0. The van der Waals surface area contributed by atoms with Crippen LogP contribution >= 0.6 is 0 Å². The first kappa shape index (κ1) is 11.5. The zero-order valence-electron chi connectivity index (χ0n) is 9.43. The van der Waals surface area contributed by atoms with E-state index in [9.17, 15) is 0 Å². The molecule has 0 saturated carbocycles. The molecule has 1 saturated heterocycles. The summed E-state index contributed by atoms with van der Waals surface area (Å²) >= 11 is 0. The summed E-state index contributed by atoms with van der Waals surface area (Å²) in [4.78, 5) is 0. The number of nitrogens with two attached hydrogens (primary N) is 1. The van der Waals surface area contributed by atoms with Crippen LogP contribution in [0.25, 0.3) is 0 Å². The van der Waals surface area contributed by atoms with E-state index < -0.39 is 0 Å². The molecular weight excluding hydrogens is 208 g/mol. The van der Waals surface area contributed by atoms with Crippen molar-refractivity contribution in [1.82, 2.24) is 15.2 Å². The minimum absolute atomic E-state index is 0.0479. The van der Waals surface area contributed by atoms with Gasteiger partial charge in [-0.05, 0) is 6.92 Å². The Hall–Kier alpha value is -0.950. The number of hydrazine groups is 1. The Morgan fingerprint density at radius 3 is 3.12 bits per heavy atom. The summed E-state index contributed by atoms with van der Waals surface area (Å²) < 4.78 is 12.9. The van der Waals surface area contributed by atoms with Crippen molar-refractivity contribution in [1.29, 1.82) is 0 Å². The van der Waals surface area contributed by atoms with Crippen LogP contribution in [0.4, 0.5) is 0 Å². The van der Waals surface area contributed by atoms with Gasteiger partial charge < -0.3 is 9.47 Å². The molecule has 2 unspecified atom stereocenters. The van der Waals surface area contributed by atoms with Crippen molar-refractivity contribution in [3.05, 3.63) is 18.0 Å². The van der Waals surface area contributed by atoms with Gasteiger partial charge in [0, 0.05) is 18.3 Å². The molecule has 0 spiro atoms. The lowest BCUT2D eigenvalue weighted by Crippen LogP contribution is -2.43. The lowest BCUT2D eigenvalue weighted by molar-refractivity contribution is -0.102. The van der Waals surface area contributed by atoms with Crippen molar-refractivity contribution in [2.45, 2.75) is 25.6 Å². The van der Waals surface area contributed by atoms with Gasteiger partial charge in [-0.2, -0.15) is 5.10 Å². The van der Waals surface area contributed by atoms with Crippen LogP contribution in [0.15, 0.2) is 12.4 Å². The van der Waals surface area contributed by atoms with E-state index in [1.807, 2.05) is 24.0 Å². The SMILES string of the molecule is CCn1cc(C(NN)C2COCCO2)cn1. The fourth-order valence-electron chi connectivity index (χ4n) is 1.83. The summed E-state index contributed by atoms with van der Waals surface area (Å²) in [6.45, 7) is 4.72. The summed E-state index contributed by atoms with van der Waals surface area (Å²) in [5.74, 6) is 5.56. The van der Waals surface area contributed by atoms with Gasteiger partial charge in [0.15, 0.2) is 0 Å². The molecule has 0 radical (unpaired) electrons. The molecular formula is C10H18N4O2. The average Bonchev–Trinajstić information content (AvgIpc) is 2.80. The summed E-state index contributed by atoms with van der Waals surface area (Å²) in [6.07, 6.45) is 3.74. The van der Waals surface area contributed by atoms with E-state index in [0.717, 1.165) is 12.1 Å². The van der Waals surface area contributed by atoms with Crippen LogP contribution in [0.3, 0.4) is 0 Å². The second-order valence-corrected chi connectivity index (χ2v) is 3.76. The third-order valence-electron chi connectivity index (χ3n) is 2.73. The zero-order valence-corrected chi connectivity index (χ0v) is 9.43. The van der Waals surface area contributed by atoms with Gasteiger partial charge in [-0.15, -0.1) is 0 Å². The van der Waals surface area contributed by atoms with E-state index in [0.29, 0.717) is 19.8 Å². The normalized spacial score (nSPS) is 23.2. The number of hydrogen-bond donors (Lipinski definition) is 2. The average molecular weight is 226 g/mol. The molecule has 16 heavy (non-hydrogen) atoms. The molecule has 2 rings (SSSR count). The second kappa shape index (κ2) is 5.40. The van der Waals surface area contributed by atoms with Gasteiger partial charge in [0.2, 0.25) is 0 Å². The minimum atomic E-state index is -0.0689. The molecule has 0 amide bonds. The molecule has 3 N–H and O–H groups in total. The Morgan fingerprint density at radius 1 is 1.69 bits per heavy atom. The quantitative estimate of drug-likeness (QED) is 0.550. The van der Waals surface area contributed by atoms with Crippen LogP contribution in [-0.4, -0.2) is 35.7 Å². The van der Waals surface area contributed by atoms with E-state index in [2.05, 4.69) is 10.5 Å². The predicted molar refractivity (Wildman–Crippen MR) is 58.5 cm³/mol. The number of rotatable bonds is 4. The maximum absolute atomic E-state index is 5.62. The molecule has 2 atom stereocenters. The first-order valence-corrected chi connectivity index (χ1v) is 5.53. The van der Waals surface area contributed by atoms with Crippen molar-refractivity contribution in [3.63, 3.8) is 0 Å².